The van der Waals surface area contributed by atoms with Crippen molar-refractivity contribution in [1.82, 2.24) is 19.4 Å². The maximum atomic E-state index is 13.3. The maximum absolute atomic E-state index is 13.3. The van der Waals surface area contributed by atoms with Crippen molar-refractivity contribution < 1.29 is 4.79 Å². The highest BCUT2D eigenvalue weighted by Gasteiger charge is 2.31. The number of benzene rings is 1. The Morgan fingerprint density at radius 3 is 2.40 bits per heavy atom. The van der Waals surface area contributed by atoms with Gasteiger partial charge in [-0.3, -0.25) is 24.0 Å². The van der Waals surface area contributed by atoms with Gasteiger partial charge in [-0.2, -0.15) is 0 Å². The van der Waals surface area contributed by atoms with Crippen LogP contribution in [0.15, 0.2) is 39.9 Å². The van der Waals surface area contributed by atoms with E-state index < -0.39 is 17.2 Å². The lowest BCUT2D eigenvalue weighted by Gasteiger charge is -2.36. The molecule has 0 atom stereocenters. The molecule has 1 aromatic carbocycles. The summed E-state index contributed by atoms with van der Waals surface area (Å²) in [5.41, 5.74) is 1.74. The van der Waals surface area contributed by atoms with Crippen LogP contribution in [0.2, 0.25) is 0 Å². The molecule has 0 radical (unpaired) electrons. The molecule has 9 heteroatoms. The molecule has 0 spiro atoms. The minimum absolute atomic E-state index is 0.0188. The number of rotatable bonds is 6. The smallest absolute Gasteiger partial charge is 0.329 e. The van der Waals surface area contributed by atoms with Gasteiger partial charge in [0.15, 0.2) is 5.65 Å². The standard InChI is InChI=1S/C26H32N6O3/c1-4-32-23-22(25(34)29-26(32)35)20(15-21(28-23)16(2)3)24(33)27-17-5-7-18(8-6-17)30-11-13-31(14-12-30)19-9-10-19/h5-8,15-16,19H,4,9-14H2,1-3H3,(H,27,33)(H,29,34,35). The normalized spacial score (nSPS) is 16.7. The Labute approximate surface area is 203 Å². The number of pyridine rings is 1. The predicted molar refractivity (Wildman–Crippen MR) is 138 cm³/mol. The van der Waals surface area contributed by atoms with E-state index in [1.807, 2.05) is 38.1 Å². The fourth-order valence-electron chi connectivity index (χ4n) is 4.80. The molecule has 2 fully saturated rings. The van der Waals surface area contributed by atoms with Crippen LogP contribution in [0.25, 0.3) is 11.0 Å². The zero-order chi connectivity index (χ0) is 24.7. The second kappa shape index (κ2) is 9.30. The molecule has 2 aromatic heterocycles. The molecule has 1 aliphatic heterocycles. The van der Waals surface area contributed by atoms with Gasteiger partial charge in [-0.05, 0) is 56.0 Å². The van der Waals surface area contributed by atoms with Crippen LogP contribution in [-0.2, 0) is 6.54 Å². The first-order chi connectivity index (χ1) is 16.9. The lowest BCUT2D eigenvalue weighted by molar-refractivity contribution is 0.102. The summed E-state index contributed by atoms with van der Waals surface area (Å²) >= 11 is 0. The van der Waals surface area contributed by atoms with Gasteiger partial charge in [-0.15, -0.1) is 0 Å². The van der Waals surface area contributed by atoms with Crippen molar-refractivity contribution in [3.05, 3.63) is 62.4 Å². The Hall–Kier alpha value is -3.46. The summed E-state index contributed by atoms with van der Waals surface area (Å²) in [7, 11) is 0. The monoisotopic (exact) mass is 476 g/mol. The van der Waals surface area contributed by atoms with Crippen LogP contribution in [-0.4, -0.2) is 57.6 Å². The topological polar surface area (TPSA) is 103 Å². The molecule has 3 aromatic rings. The Morgan fingerprint density at radius 1 is 1.11 bits per heavy atom. The third kappa shape index (κ3) is 4.60. The number of hydrogen-bond donors (Lipinski definition) is 2. The number of aryl methyl sites for hydroxylation is 1. The lowest BCUT2D eigenvalue weighted by Crippen LogP contribution is -2.47. The average molecular weight is 477 g/mol. The molecule has 2 aliphatic rings. The van der Waals surface area contributed by atoms with Gasteiger partial charge in [0.1, 0.15) is 0 Å². The Morgan fingerprint density at radius 2 is 1.80 bits per heavy atom. The minimum Gasteiger partial charge on any atom is -0.369 e. The van der Waals surface area contributed by atoms with Crippen LogP contribution in [0, 0.1) is 0 Å². The molecule has 1 aliphatic carbocycles. The molecule has 9 nitrogen and oxygen atoms in total. The van der Waals surface area contributed by atoms with Crippen molar-refractivity contribution in [3.8, 4) is 0 Å². The number of piperazine rings is 1. The number of anilines is 2. The lowest BCUT2D eigenvalue weighted by atomic mass is 10.0. The number of carbonyl (C=O) groups excluding carboxylic acids is 1. The molecule has 0 bridgehead atoms. The summed E-state index contributed by atoms with van der Waals surface area (Å²) in [5.74, 6) is -0.387. The zero-order valence-corrected chi connectivity index (χ0v) is 20.5. The van der Waals surface area contributed by atoms with Crippen molar-refractivity contribution >= 4 is 28.3 Å². The quantitative estimate of drug-likeness (QED) is 0.567. The highest BCUT2D eigenvalue weighted by molar-refractivity contribution is 6.11. The summed E-state index contributed by atoms with van der Waals surface area (Å²) in [5, 5.41) is 3.05. The van der Waals surface area contributed by atoms with Crippen LogP contribution in [0.3, 0.4) is 0 Å². The van der Waals surface area contributed by atoms with Gasteiger partial charge in [0, 0.05) is 55.8 Å². The predicted octanol–water partition coefficient (Wildman–Crippen LogP) is 2.76. The molecule has 35 heavy (non-hydrogen) atoms. The van der Waals surface area contributed by atoms with Crippen LogP contribution in [0.5, 0.6) is 0 Å². The fourth-order valence-corrected chi connectivity index (χ4v) is 4.80. The summed E-state index contributed by atoms with van der Waals surface area (Å²) < 4.78 is 1.39. The minimum atomic E-state index is -0.608. The molecule has 1 saturated carbocycles. The van der Waals surface area contributed by atoms with E-state index in [2.05, 4.69) is 25.1 Å². The van der Waals surface area contributed by atoms with E-state index in [1.54, 1.807) is 13.0 Å². The molecule has 1 amide bonds. The van der Waals surface area contributed by atoms with Gasteiger partial charge in [-0.25, -0.2) is 9.78 Å². The second-order valence-electron chi connectivity index (χ2n) is 9.71. The Balaban J connectivity index is 1.40. The van der Waals surface area contributed by atoms with Crippen molar-refractivity contribution in [1.29, 1.82) is 0 Å². The van der Waals surface area contributed by atoms with E-state index in [-0.39, 0.29) is 22.5 Å². The van der Waals surface area contributed by atoms with Gasteiger partial charge in [0.2, 0.25) is 0 Å². The summed E-state index contributed by atoms with van der Waals surface area (Å²) in [6, 6.07) is 10.3. The molecule has 3 heterocycles. The maximum Gasteiger partial charge on any atom is 0.329 e. The Bertz CT molecular complexity index is 1360. The second-order valence-corrected chi connectivity index (χ2v) is 9.71. The number of carbonyl (C=O) groups is 1. The third-order valence-corrected chi connectivity index (χ3v) is 6.99. The Kier molecular flexibility index (Phi) is 6.19. The molecular formula is C26H32N6O3. The number of H-pyrrole nitrogens is 1. The van der Waals surface area contributed by atoms with Crippen LogP contribution >= 0.6 is 0 Å². The largest absolute Gasteiger partial charge is 0.369 e. The highest BCUT2D eigenvalue weighted by Crippen LogP contribution is 2.29. The van der Waals surface area contributed by atoms with Gasteiger partial charge in [0.05, 0.1) is 10.9 Å². The van der Waals surface area contributed by atoms with Crippen molar-refractivity contribution in [2.24, 2.45) is 0 Å². The molecular weight excluding hydrogens is 444 g/mol. The highest BCUT2D eigenvalue weighted by atomic mass is 16.2. The van der Waals surface area contributed by atoms with Gasteiger partial charge < -0.3 is 10.2 Å². The van der Waals surface area contributed by atoms with Crippen molar-refractivity contribution in [3.63, 3.8) is 0 Å². The average Bonchev–Trinajstić information content (AvgIpc) is 3.70. The number of fused-ring (bicyclic) bond motifs is 1. The number of hydrogen-bond acceptors (Lipinski definition) is 6. The summed E-state index contributed by atoms with van der Waals surface area (Å²) in [6.45, 7) is 10.2. The van der Waals surface area contributed by atoms with Gasteiger partial charge >= 0.3 is 5.69 Å². The zero-order valence-electron chi connectivity index (χ0n) is 20.5. The summed E-state index contributed by atoms with van der Waals surface area (Å²) in [6.07, 6.45) is 2.67. The first-order valence-electron chi connectivity index (χ1n) is 12.4. The third-order valence-electron chi connectivity index (χ3n) is 6.99. The van der Waals surface area contributed by atoms with Crippen molar-refractivity contribution in [2.45, 2.75) is 52.1 Å². The van der Waals surface area contributed by atoms with Crippen LogP contribution in [0.4, 0.5) is 11.4 Å². The SMILES string of the molecule is CCn1c(=O)[nH]c(=O)c2c(C(=O)Nc3ccc(N4CCN(C5CC5)CC4)cc3)cc(C(C)C)nc21. The number of nitrogens with zero attached hydrogens (tertiary/aromatic N) is 4. The first kappa shape index (κ1) is 23.3. The molecule has 0 unspecified atom stereocenters. The van der Waals surface area contributed by atoms with E-state index in [0.29, 0.717) is 17.9 Å². The van der Waals surface area contributed by atoms with Crippen LogP contribution in [0.1, 0.15) is 55.6 Å². The van der Waals surface area contributed by atoms with E-state index in [1.165, 1.54) is 17.4 Å². The number of amides is 1. The molecule has 5 rings (SSSR count). The molecule has 184 valence electrons. The van der Waals surface area contributed by atoms with Crippen LogP contribution < -0.4 is 21.5 Å². The number of nitrogens with one attached hydrogen (secondary N) is 2. The van der Waals surface area contributed by atoms with E-state index in [0.717, 1.165) is 37.9 Å². The first-order valence-corrected chi connectivity index (χ1v) is 12.4. The van der Waals surface area contributed by atoms with Crippen molar-refractivity contribution in [2.75, 3.05) is 36.4 Å². The summed E-state index contributed by atoms with van der Waals surface area (Å²) in [4.78, 5) is 50.2. The molecule has 2 N–H and O–H groups in total. The van der Waals surface area contributed by atoms with E-state index in [4.69, 9.17) is 0 Å². The number of aromatic nitrogens is 3. The van der Waals surface area contributed by atoms with Gasteiger partial charge in [0.25, 0.3) is 11.5 Å². The number of aromatic amines is 1. The van der Waals surface area contributed by atoms with E-state index in [9.17, 15) is 14.4 Å². The van der Waals surface area contributed by atoms with Gasteiger partial charge in [-0.1, -0.05) is 13.8 Å². The van der Waals surface area contributed by atoms with E-state index >= 15 is 0 Å². The molecule has 1 saturated heterocycles. The fraction of sp³-hybridized carbons (Fsp3) is 0.462.